The van der Waals surface area contributed by atoms with Crippen LogP contribution in [-0.4, -0.2) is 13.4 Å². The van der Waals surface area contributed by atoms with Crippen LogP contribution >= 0.6 is 15.9 Å². The van der Waals surface area contributed by atoms with Crippen LogP contribution in [0.3, 0.4) is 0 Å². The van der Waals surface area contributed by atoms with E-state index in [0.29, 0.717) is 11.2 Å². The Kier molecular flexibility index (Phi) is 4.68. The molecule has 1 N–H and O–H groups in total. The zero-order valence-corrected chi connectivity index (χ0v) is 16.5. The second kappa shape index (κ2) is 7.13. The standard InChI is InChI=1S/C21H15BrN2O2S/c22-18-13-17-7-4-12-23-21(17)20(14-18)24-27(25,26)19-10-8-16(9-11-19)15-5-2-1-3-6-15/h1-14,24H. The second-order valence-corrected chi connectivity index (χ2v) is 8.62. The number of nitrogens with zero attached hydrogens (tertiary/aromatic N) is 1. The van der Waals surface area contributed by atoms with Crippen LogP contribution in [0, 0.1) is 0 Å². The second-order valence-electron chi connectivity index (χ2n) is 6.02. The van der Waals surface area contributed by atoms with Crippen LogP contribution < -0.4 is 4.72 Å². The van der Waals surface area contributed by atoms with Crippen molar-refractivity contribution < 1.29 is 8.42 Å². The molecule has 0 bridgehead atoms. The van der Waals surface area contributed by atoms with Crippen LogP contribution in [0.25, 0.3) is 22.0 Å². The summed E-state index contributed by atoms with van der Waals surface area (Å²) in [6.45, 7) is 0. The maximum Gasteiger partial charge on any atom is 0.261 e. The van der Waals surface area contributed by atoms with Gasteiger partial charge in [0, 0.05) is 16.1 Å². The highest BCUT2D eigenvalue weighted by molar-refractivity contribution is 9.10. The Labute approximate surface area is 166 Å². The summed E-state index contributed by atoms with van der Waals surface area (Å²) in [4.78, 5) is 4.51. The van der Waals surface area contributed by atoms with E-state index in [1.807, 2.05) is 48.5 Å². The largest absolute Gasteiger partial charge is 0.277 e. The van der Waals surface area contributed by atoms with Crippen LogP contribution in [0.5, 0.6) is 0 Å². The van der Waals surface area contributed by atoms with Gasteiger partial charge in [0.2, 0.25) is 0 Å². The molecule has 0 amide bonds. The monoisotopic (exact) mass is 438 g/mol. The summed E-state index contributed by atoms with van der Waals surface area (Å²) < 4.78 is 29.1. The van der Waals surface area contributed by atoms with Crippen molar-refractivity contribution in [2.75, 3.05) is 4.72 Å². The van der Waals surface area contributed by atoms with Crippen LogP contribution in [0.1, 0.15) is 0 Å². The molecule has 134 valence electrons. The van der Waals surface area contributed by atoms with E-state index >= 15 is 0 Å². The molecular weight excluding hydrogens is 424 g/mol. The van der Waals surface area contributed by atoms with Gasteiger partial charge < -0.3 is 0 Å². The lowest BCUT2D eigenvalue weighted by molar-refractivity contribution is 0.601. The van der Waals surface area contributed by atoms with Gasteiger partial charge >= 0.3 is 0 Å². The number of sulfonamides is 1. The van der Waals surface area contributed by atoms with Gasteiger partial charge in [-0.25, -0.2) is 8.42 Å². The topological polar surface area (TPSA) is 59.1 Å². The van der Waals surface area contributed by atoms with E-state index in [2.05, 4.69) is 25.6 Å². The molecule has 1 heterocycles. The van der Waals surface area contributed by atoms with Crippen LogP contribution in [0.4, 0.5) is 5.69 Å². The number of anilines is 1. The number of halogens is 1. The van der Waals surface area contributed by atoms with Crippen LogP contribution in [0.15, 0.2) is 94.4 Å². The van der Waals surface area contributed by atoms with Crippen molar-refractivity contribution in [3.8, 4) is 11.1 Å². The molecular formula is C21H15BrN2O2S. The molecule has 0 aliphatic carbocycles. The predicted molar refractivity (Wildman–Crippen MR) is 112 cm³/mol. The zero-order chi connectivity index (χ0) is 18.9. The average Bonchev–Trinajstić information content (AvgIpc) is 2.68. The lowest BCUT2D eigenvalue weighted by Gasteiger charge is -2.11. The predicted octanol–water partition coefficient (Wildman–Crippen LogP) is 5.47. The SMILES string of the molecule is O=S(=O)(Nc1cc(Br)cc2cccnc12)c1ccc(-c2ccccc2)cc1. The third-order valence-corrected chi connectivity index (χ3v) is 6.02. The fourth-order valence-corrected chi connectivity index (χ4v) is 4.43. The highest BCUT2D eigenvalue weighted by atomic mass is 79.9. The van der Waals surface area contributed by atoms with Gasteiger partial charge in [0.1, 0.15) is 0 Å². The summed E-state index contributed by atoms with van der Waals surface area (Å²) in [5, 5.41) is 0.851. The number of benzene rings is 3. The minimum atomic E-state index is -3.73. The molecule has 4 rings (SSSR count). The molecule has 0 radical (unpaired) electrons. The molecule has 4 nitrogen and oxygen atoms in total. The van der Waals surface area contributed by atoms with Crippen molar-refractivity contribution in [3.05, 3.63) is 89.5 Å². The summed E-state index contributed by atoms with van der Waals surface area (Å²) in [5.74, 6) is 0. The van der Waals surface area contributed by atoms with Gasteiger partial charge in [-0.05, 0) is 41.5 Å². The Morgan fingerprint density at radius 3 is 2.26 bits per heavy atom. The van der Waals surface area contributed by atoms with Gasteiger partial charge in [0.05, 0.1) is 16.1 Å². The highest BCUT2D eigenvalue weighted by Crippen LogP contribution is 2.29. The molecule has 0 aliphatic rings. The van der Waals surface area contributed by atoms with Crippen molar-refractivity contribution in [1.29, 1.82) is 0 Å². The number of fused-ring (bicyclic) bond motifs is 1. The number of aromatic nitrogens is 1. The van der Waals surface area contributed by atoms with E-state index in [1.165, 1.54) is 0 Å². The number of hydrogen-bond acceptors (Lipinski definition) is 3. The third kappa shape index (κ3) is 3.72. The summed E-state index contributed by atoms with van der Waals surface area (Å²) >= 11 is 3.42. The number of hydrogen-bond donors (Lipinski definition) is 1. The first kappa shape index (κ1) is 17.7. The maximum absolute atomic E-state index is 12.9. The Morgan fingerprint density at radius 1 is 0.815 bits per heavy atom. The normalized spacial score (nSPS) is 11.4. The highest BCUT2D eigenvalue weighted by Gasteiger charge is 2.16. The molecule has 0 fully saturated rings. The molecule has 27 heavy (non-hydrogen) atoms. The fourth-order valence-electron chi connectivity index (χ4n) is 2.89. The smallest absolute Gasteiger partial charge is 0.261 e. The molecule has 4 aromatic rings. The molecule has 0 aliphatic heterocycles. The Morgan fingerprint density at radius 2 is 1.52 bits per heavy atom. The van der Waals surface area contributed by atoms with Crippen molar-refractivity contribution in [1.82, 2.24) is 4.98 Å². The number of nitrogens with one attached hydrogen (secondary N) is 1. The van der Waals surface area contributed by atoms with Gasteiger partial charge in [-0.3, -0.25) is 9.71 Å². The Balaban J connectivity index is 1.69. The number of rotatable bonds is 4. The molecule has 1 aromatic heterocycles. The van der Waals surface area contributed by atoms with E-state index in [-0.39, 0.29) is 4.90 Å². The average molecular weight is 439 g/mol. The van der Waals surface area contributed by atoms with E-state index in [4.69, 9.17) is 0 Å². The van der Waals surface area contributed by atoms with E-state index in [9.17, 15) is 8.42 Å². The fraction of sp³-hybridized carbons (Fsp3) is 0. The molecule has 6 heteroatoms. The Bertz CT molecular complexity index is 1210. The molecule has 0 saturated heterocycles. The lowest BCUT2D eigenvalue weighted by Crippen LogP contribution is -2.13. The first-order valence-electron chi connectivity index (χ1n) is 8.25. The van der Waals surface area contributed by atoms with E-state index < -0.39 is 10.0 Å². The summed E-state index contributed by atoms with van der Waals surface area (Å²) in [5.41, 5.74) is 3.04. The molecule has 0 saturated carbocycles. The first-order chi connectivity index (χ1) is 13.0. The zero-order valence-electron chi connectivity index (χ0n) is 14.1. The first-order valence-corrected chi connectivity index (χ1v) is 10.5. The number of pyridine rings is 1. The van der Waals surface area contributed by atoms with Crippen molar-refractivity contribution in [2.45, 2.75) is 4.90 Å². The third-order valence-electron chi connectivity index (χ3n) is 4.19. The molecule has 0 unspecified atom stereocenters. The summed E-state index contributed by atoms with van der Waals surface area (Å²) in [6, 6.07) is 24.0. The van der Waals surface area contributed by atoms with E-state index in [0.717, 1.165) is 21.0 Å². The summed E-state index contributed by atoms with van der Waals surface area (Å²) in [7, 11) is -3.73. The van der Waals surface area contributed by atoms with Crippen LogP contribution in [0.2, 0.25) is 0 Å². The van der Waals surface area contributed by atoms with Gasteiger partial charge in [-0.1, -0.05) is 64.5 Å². The minimum absolute atomic E-state index is 0.200. The van der Waals surface area contributed by atoms with Crippen molar-refractivity contribution in [2.24, 2.45) is 0 Å². The minimum Gasteiger partial charge on any atom is -0.277 e. The van der Waals surface area contributed by atoms with Crippen LogP contribution in [-0.2, 0) is 10.0 Å². The van der Waals surface area contributed by atoms with Gasteiger partial charge in [0.25, 0.3) is 10.0 Å². The molecule has 3 aromatic carbocycles. The summed E-state index contributed by atoms with van der Waals surface area (Å²) in [6.07, 6.45) is 1.64. The quantitative estimate of drug-likeness (QED) is 0.459. The molecule has 0 spiro atoms. The van der Waals surface area contributed by atoms with E-state index in [1.54, 1.807) is 36.5 Å². The van der Waals surface area contributed by atoms with Crippen molar-refractivity contribution in [3.63, 3.8) is 0 Å². The lowest BCUT2D eigenvalue weighted by atomic mass is 10.1. The van der Waals surface area contributed by atoms with Gasteiger partial charge in [-0.15, -0.1) is 0 Å². The Hall–Kier alpha value is -2.70. The van der Waals surface area contributed by atoms with Gasteiger partial charge in [0.15, 0.2) is 0 Å². The van der Waals surface area contributed by atoms with Gasteiger partial charge in [-0.2, -0.15) is 0 Å². The molecule has 0 atom stereocenters. The maximum atomic E-state index is 12.9. The van der Waals surface area contributed by atoms with Crippen molar-refractivity contribution >= 4 is 42.5 Å².